The molecule has 1 aliphatic rings. The standard InChI is InChI=1S/C15H19N3/c1-10-3-4-12(7-11(10)2)14-9-17-15(18-14)13-5-6-16-8-13/h3-4,7,9,13,16H,5-6,8H2,1-2H3,(H,17,18). The van der Waals surface area contributed by atoms with Gasteiger partial charge in [0.05, 0.1) is 11.9 Å². The molecular formula is C15H19N3. The Morgan fingerprint density at radius 1 is 1.22 bits per heavy atom. The smallest absolute Gasteiger partial charge is 0.110 e. The summed E-state index contributed by atoms with van der Waals surface area (Å²) in [5.74, 6) is 1.67. The maximum atomic E-state index is 4.53. The fraction of sp³-hybridized carbons (Fsp3) is 0.400. The van der Waals surface area contributed by atoms with Crippen LogP contribution in [0.25, 0.3) is 11.3 Å². The van der Waals surface area contributed by atoms with Crippen LogP contribution >= 0.6 is 0 Å². The maximum Gasteiger partial charge on any atom is 0.110 e. The van der Waals surface area contributed by atoms with E-state index in [0.717, 1.165) is 24.6 Å². The molecule has 0 amide bonds. The van der Waals surface area contributed by atoms with Crippen molar-refractivity contribution in [2.45, 2.75) is 26.2 Å². The highest BCUT2D eigenvalue weighted by molar-refractivity contribution is 5.60. The Hall–Kier alpha value is -1.61. The van der Waals surface area contributed by atoms with Crippen LogP contribution in [0.4, 0.5) is 0 Å². The van der Waals surface area contributed by atoms with Crippen molar-refractivity contribution in [1.29, 1.82) is 0 Å². The van der Waals surface area contributed by atoms with Crippen molar-refractivity contribution in [1.82, 2.24) is 15.3 Å². The lowest BCUT2D eigenvalue weighted by atomic mass is 10.0. The minimum Gasteiger partial charge on any atom is -0.342 e. The van der Waals surface area contributed by atoms with Crippen molar-refractivity contribution in [2.75, 3.05) is 13.1 Å². The summed E-state index contributed by atoms with van der Waals surface area (Å²) in [6.07, 6.45) is 3.14. The number of imidazole rings is 1. The second kappa shape index (κ2) is 4.58. The third-order valence-electron chi connectivity index (χ3n) is 3.86. The fourth-order valence-corrected chi connectivity index (χ4v) is 2.49. The van der Waals surface area contributed by atoms with Crippen molar-refractivity contribution < 1.29 is 0 Å². The Morgan fingerprint density at radius 3 is 2.83 bits per heavy atom. The van der Waals surface area contributed by atoms with Crippen molar-refractivity contribution in [3.8, 4) is 11.3 Å². The first-order valence-electron chi connectivity index (χ1n) is 6.57. The van der Waals surface area contributed by atoms with Crippen LogP contribution in [-0.2, 0) is 0 Å². The van der Waals surface area contributed by atoms with E-state index in [-0.39, 0.29) is 0 Å². The number of benzene rings is 1. The topological polar surface area (TPSA) is 40.7 Å². The third kappa shape index (κ3) is 2.06. The van der Waals surface area contributed by atoms with Gasteiger partial charge in [-0.3, -0.25) is 0 Å². The lowest BCUT2D eigenvalue weighted by Gasteiger charge is -2.05. The summed E-state index contributed by atoms with van der Waals surface area (Å²) >= 11 is 0. The molecule has 0 radical (unpaired) electrons. The summed E-state index contributed by atoms with van der Waals surface area (Å²) < 4.78 is 0. The van der Waals surface area contributed by atoms with E-state index in [2.05, 4.69) is 47.3 Å². The molecule has 0 bridgehead atoms. The predicted molar refractivity (Wildman–Crippen MR) is 73.7 cm³/mol. The van der Waals surface area contributed by atoms with E-state index < -0.39 is 0 Å². The van der Waals surface area contributed by atoms with Crippen LogP contribution < -0.4 is 5.32 Å². The molecule has 94 valence electrons. The van der Waals surface area contributed by atoms with Gasteiger partial charge >= 0.3 is 0 Å². The molecule has 0 saturated carbocycles. The SMILES string of the molecule is Cc1ccc(-c2cnc(C3CCNC3)[nH]2)cc1C. The highest BCUT2D eigenvalue weighted by Gasteiger charge is 2.19. The lowest BCUT2D eigenvalue weighted by Crippen LogP contribution is -2.08. The Balaban J connectivity index is 1.89. The molecule has 0 spiro atoms. The van der Waals surface area contributed by atoms with Crippen molar-refractivity contribution in [3.63, 3.8) is 0 Å². The van der Waals surface area contributed by atoms with Crippen molar-refractivity contribution in [2.24, 2.45) is 0 Å². The van der Waals surface area contributed by atoms with Gasteiger partial charge in [-0.15, -0.1) is 0 Å². The zero-order chi connectivity index (χ0) is 12.5. The normalized spacial score (nSPS) is 19.3. The summed E-state index contributed by atoms with van der Waals surface area (Å²) in [6, 6.07) is 6.55. The summed E-state index contributed by atoms with van der Waals surface area (Å²) in [7, 11) is 0. The lowest BCUT2D eigenvalue weighted by molar-refractivity contribution is 0.715. The number of rotatable bonds is 2. The molecule has 3 heteroatoms. The van der Waals surface area contributed by atoms with Gasteiger partial charge in [0, 0.05) is 12.5 Å². The van der Waals surface area contributed by atoms with Gasteiger partial charge in [-0.1, -0.05) is 12.1 Å². The van der Waals surface area contributed by atoms with Gasteiger partial charge in [0.25, 0.3) is 0 Å². The molecule has 3 rings (SSSR count). The molecular weight excluding hydrogens is 222 g/mol. The average molecular weight is 241 g/mol. The minimum atomic E-state index is 0.547. The van der Waals surface area contributed by atoms with Crippen molar-refractivity contribution >= 4 is 0 Å². The monoisotopic (exact) mass is 241 g/mol. The molecule has 3 nitrogen and oxygen atoms in total. The van der Waals surface area contributed by atoms with Crippen LogP contribution in [-0.4, -0.2) is 23.1 Å². The Morgan fingerprint density at radius 2 is 2.11 bits per heavy atom. The Bertz CT molecular complexity index is 551. The van der Waals surface area contributed by atoms with Crippen LogP contribution in [0, 0.1) is 13.8 Å². The molecule has 1 aliphatic heterocycles. The maximum absolute atomic E-state index is 4.53. The molecule has 18 heavy (non-hydrogen) atoms. The molecule has 1 aromatic heterocycles. The van der Waals surface area contributed by atoms with E-state index in [1.807, 2.05) is 6.20 Å². The average Bonchev–Trinajstić information content (AvgIpc) is 3.01. The van der Waals surface area contributed by atoms with Gasteiger partial charge in [0.15, 0.2) is 0 Å². The van der Waals surface area contributed by atoms with Crippen LogP contribution in [0.3, 0.4) is 0 Å². The minimum absolute atomic E-state index is 0.547. The predicted octanol–water partition coefficient (Wildman–Crippen LogP) is 2.77. The molecule has 0 aliphatic carbocycles. The van der Waals surface area contributed by atoms with E-state index in [0.29, 0.717) is 5.92 Å². The van der Waals surface area contributed by atoms with Crippen LogP contribution in [0.5, 0.6) is 0 Å². The zero-order valence-corrected chi connectivity index (χ0v) is 11.0. The number of nitrogens with one attached hydrogen (secondary N) is 2. The van der Waals surface area contributed by atoms with Crippen LogP contribution in [0.1, 0.15) is 29.3 Å². The van der Waals surface area contributed by atoms with Gasteiger partial charge in [0.2, 0.25) is 0 Å². The molecule has 1 unspecified atom stereocenters. The first-order chi connectivity index (χ1) is 8.74. The Kier molecular flexibility index (Phi) is 2.92. The molecule has 1 saturated heterocycles. The van der Waals surface area contributed by atoms with E-state index in [1.165, 1.54) is 23.1 Å². The van der Waals surface area contributed by atoms with Gasteiger partial charge in [-0.05, 0) is 49.6 Å². The molecule has 1 atom stereocenters. The van der Waals surface area contributed by atoms with Gasteiger partial charge in [-0.2, -0.15) is 0 Å². The molecule has 2 aromatic rings. The second-order valence-electron chi connectivity index (χ2n) is 5.17. The molecule has 2 N–H and O–H groups in total. The third-order valence-corrected chi connectivity index (χ3v) is 3.86. The van der Waals surface area contributed by atoms with Gasteiger partial charge in [0.1, 0.15) is 5.82 Å². The largest absolute Gasteiger partial charge is 0.342 e. The van der Waals surface area contributed by atoms with Gasteiger partial charge < -0.3 is 10.3 Å². The number of aryl methyl sites for hydroxylation is 2. The fourth-order valence-electron chi connectivity index (χ4n) is 2.49. The first-order valence-corrected chi connectivity index (χ1v) is 6.57. The zero-order valence-electron chi connectivity index (χ0n) is 11.0. The summed E-state index contributed by atoms with van der Waals surface area (Å²) in [5, 5.41) is 3.38. The van der Waals surface area contributed by atoms with Crippen LogP contribution in [0.15, 0.2) is 24.4 Å². The first kappa shape index (κ1) is 11.5. The number of H-pyrrole nitrogens is 1. The number of aromatic nitrogens is 2. The van der Waals surface area contributed by atoms with E-state index in [4.69, 9.17) is 0 Å². The summed E-state index contributed by atoms with van der Waals surface area (Å²) in [4.78, 5) is 8.00. The molecule has 1 aromatic carbocycles. The highest BCUT2D eigenvalue weighted by atomic mass is 15.0. The second-order valence-corrected chi connectivity index (χ2v) is 5.17. The number of nitrogens with zero attached hydrogens (tertiary/aromatic N) is 1. The highest BCUT2D eigenvalue weighted by Crippen LogP contribution is 2.24. The van der Waals surface area contributed by atoms with E-state index in [9.17, 15) is 0 Å². The van der Waals surface area contributed by atoms with Crippen LogP contribution in [0.2, 0.25) is 0 Å². The van der Waals surface area contributed by atoms with E-state index >= 15 is 0 Å². The number of aromatic amines is 1. The quantitative estimate of drug-likeness (QED) is 0.848. The van der Waals surface area contributed by atoms with Crippen molar-refractivity contribution in [3.05, 3.63) is 41.3 Å². The molecule has 2 heterocycles. The summed E-state index contributed by atoms with van der Waals surface area (Å²) in [6.45, 7) is 6.43. The summed E-state index contributed by atoms with van der Waals surface area (Å²) in [5.41, 5.74) is 5.01. The Labute approximate surface area is 108 Å². The number of hydrogen-bond donors (Lipinski definition) is 2. The van der Waals surface area contributed by atoms with E-state index in [1.54, 1.807) is 0 Å². The van der Waals surface area contributed by atoms with Gasteiger partial charge in [-0.25, -0.2) is 4.98 Å². The molecule has 1 fully saturated rings. The number of hydrogen-bond acceptors (Lipinski definition) is 2.